The number of hydrogen-bond donors (Lipinski definition) is 0. The number of ether oxygens (including phenoxy) is 2. The Labute approximate surface area is 127 Å². The van der Waals surface area contributed by atoms with Crippen molar-refractivity contribution in [2.75, 3.05) is 26.3 Å². The number of likely N-dealkylation sites (tertiary alicyclic amines) is 1. The van der Waals surface area contributed by atoms with Crippen LogP contribution in [-0.2, 0) is 14.3 Å². The molecule has 0 spiro atoms. The summed E-state index contributed by atoms with van der Waals surface area (Å²) in [5.41, 5.74) is 0. The van der Waals surface area contributed by atoms with E-state index in [0.717, 1.165) is 57.4 Å². The van der Waals surface area contributed by atoms with Crippen molar-refractivity contribution in [1.82, 2.24) is 4.90 Å². The molecule has 0 aromatic heterocycles. The molecule has 1 amide bonds. The molecule has 3 unspecified atom stereocenters. The molecule has 21 heavy (non-hydrogen) atoms. The summed E-state index contributed by atoms with van der Waals surface area (Å²) in [6.07, 6.45) is 8.38. The zero-order chi connectivity index (χ0) is 14.2. The van der Waals surface area contributed by atoms with Gasteiger partial charge in [-0.25, -0.2) is 0 Å². The Morgan fingerprint density at radius 2 is 1.71 bits per heavy atom. The monoisotopic (exact) mass is 293 g/mol. The molecule has 4 aliphatic rings. The lowest BCUT2D eigenvalue weighted by molar-refractivity contribution is -0.138. The lowest BCUT2D eigenvalue weighted by Gasteiger charge is -2.35. The summed E-state index contributed by atoms with van der Waals surface area (Å²) >= 11 is 0. The molecule has 2 saturated heterocycles. The summed E-state index contributed by atoms with van der Waals surface area (Å²) in [4.78, 5) is 14.6. The fourth-order valence-corrected chi connectivity index (χ4v) is 5.05. The van der Waals surface area contributed by atoms with Crippen LogP contribution in [0.5, 0.6) is 0 Å². The molecule has 0 aromatic carbocycles. The van der Waals surface area contributed by atoms with Crippen molar-refractivity contribution >= 4 is 5.91 Å². The molecule has 2 saturated carbocycles. The van der Waals surface area contributed by atoms with E-state index in [1.807, 2.05) is 0 Å². The Morgan fingerprint density at radius 3 is 2.33 bits per heavy atom. The number of nitrogens with zero attached hydrogens (tertiary/aromatic N) is 1. The Morgan fingerprint density at radius 1 is 0.952 bits per heavy atom. The van der Waals surface area contributed by atoms with Crippen molar-refractivity contribution < 1.29 is 14.3 Å². The third kappa shape index (κ3) is 2.85. The van der Waals surface area contributed by atoms with Crippen LogP contribution in [0.4, 0.5) is 0 Å². The first-order valence-electron chi connectivity index (χ1n) is 8.80. The predicted molar refractivity (Wildman–Crippen MR) is 78.6 cm³/mol. The van der Waals surface area contributed by atoms with E-state index in [4.69, 9.17) is 9.47 Å². The number of rotatable bonds is 3. The molecule has 0 aromatic rings. The van der Waals surface area contributed by atoms with Gasteiger partial charge in [-0.1, -0.05) is 6.42 Å². The summed E-state index contributed by atoms with van der Waals surface area (Å²) in [5, 5.41) is 0. The van der Waals surface area contributed by atoms with Gasteiger partial charge in [-0.2, -0.15) is 0 Å². The number of carbonyl (C=O) groups excluding carboxylic acids is 1. The number of fused-ring (bicyclic) bond motifs is 2. The number of hydrogen-bond acceptors (Lipinski definition) is 3. The van der Waals surface area contributed by atoms with E-state index in [-0.39, 0.29) is 6.29 Å². The molecule has 3 atom stereocenters. The Balaban J connectivity index is 1.25. The average Bonchev–Trinajstić information content (AvgIpc) is 3.25. The molecule has 2 aliphatic carbocycles. The van der Waals surface area contributed by atoms with E-state index in [1.165, 1.54) is 25.7 Å². The third-order valence-electron chi connectivity index (χ3n) is 6.25. The van der Waals surface area contributed by atoms with Crippen molar-refractivity contribution in [3.8, 4) is 0 Å². The normalized spacial score (nSPS) is 37.5. The zero-order valence-corrected chi connectivity index (χ0v) is 12.8. The molecular formula is C17H27NO3. The van der Waals surface area contributed by atoms with E-state index in [2.05, 4.69) is 4.90 Å². The lowest BCUT2D eigenvalue weighted by atomic mass is 9.86. The number of carbonyl (C=O) groups is 1. The van der Waals surface area contributed by atoms with Crippen LogP contribution < -0.4 is 0 Å². The molecule has 2 aliphatic heterocycles. The molecule has 2 heterocycles. The van der Waals surface area contributed by atoms with Crippen LogP contribution in [0.3, 0.4) is 0 Å². The second kappa shape index (κ2) is 5.88. The molecule has 0 N–H and O–H groups in total. The van der Waals surface area contributed by atoms with Gasteiger partial charge < -0.3 is 14.4 Å². The molecule has 2 bridgehead atoms. The molecule has 4 heteroatoms. The van der Waals surface area contributed by atoms with Crippen LogP contribution in [0, 0.1) is 23.7 Å². The molecule has 118 valence electrons. The van der Waals surface area contributed by atoms with Crippen molar-refractivity contribution in [3.63, 3.8) is 0 Å². The van der Waals surface area contributed by atoms with Gasteiger partial charge in [-0.05, 0) is 49.9 Å². The first-order valence-corrected chi connectivity index (χ1v) is 8.80. The largest absolute Gasteiger partial charge is 0.350 e. The first-order chi connectivity index (χ1) is 10.3. The fourth-order valence-electron chi connectivity index (χ4n) is 5.05. The number of piperidine rings is 1. The average molecular weight is 293 g/mol. The standard InChI is InChI=1S/C17H27NO3/c19-16(11-15-10-12-1-2-14(15)9-12)18-5-3-13(4-6-18)17-20-7-8-21-17/h12-15,17H,1-11H2. The first kappa shape index (κ1) is 14.0. The van der Waals surface area contributed by atoms with Gasteiger partial charge >= 0.3 is 0 Å². The zero-order valence-electron chi connectivity index (χ0n) is 12.8. The highest BCUT2D eigenvalue weighted by atomic mass is 16.7. The Bertz CT molecular complexity index is 385. The van der Waals surface area contributed by atoms with Crippen LogP contribution >= 0.6 is 0 Å². The number of amides is 1. The van der Waals surface area contributed by atoms with Gasteiger partial charge in [0.05, 0.1) is 13.2 Å². The lowest BCUT2D eigenvalue weighted by Crippen LogP contribution is -2.42. The van der Waals surface area contributed by atoms with Gasteiger partial charge in [0.1, 0.15) is 0 Å². The highest BCUT2D eigenvalue weighted by Gasteiger charge is 2.41. The molecule has 4 nitrogen and oxygen atoms in total. The summed E-state index contributed by atoms with van der Waals surface area (Å²) in [7, 11) is 0. The van der Waals surface area contributed by atoms with Gasteiger partial charge in [0, 0.05) is 25.4 Å². The molecule has 4 rings (SSSR count). The van der Waals surface area contributed by atoms with Crippen molar-refractivity contribution in [1.29, 1.82) is 0 Å². The maximum Gasteiger partial charge on any atom is 0.222 e. The highest BCUT2D eigenvalue weighted by molar-refractivity contribution is 5.76. The summed E-state index contributed by atoms with van der Waals surface area (Å²) in [6, 6.07) is 0. The second-order valence-corrected chi connectivity index (χ2v) is 7.47. The van der Waals surface area contributed by atoms with Gasteiger partial charge in [-0.15, -0.1) is 0 Å². The van der Waals surface area contributed by atoms with Gasteiger partial charge in [0.2, 0.25) is 5.91 Å². The van der Waals surface area contributed by atoms with Gasteiger partial charge in [-0.3, -0.25) is 4.79 Å². The van der Waals surface area contributed by atoms with E-state index in [1.54, 1.807) is 0 Å². The third-order valence-corrected chi connectivity index (χ3v) is 6.25. The highest BCUT2D eigenvalue weighted by Crippen LogP contribution is 2.49. The van der Waals surface area contributed by atoms with Crippen LogP contribution in [0.15, 0.2) is 0 Å². The summed E-state index contributed by atoms with van der Waals surface area (Å²) < 4.78 is 11.2. The van der Waals surface area contributed by atoms with Crippen molar-refractivity contribution in [2.24, 2.45) is 23.7 Å². The second-order valence-electron chi connectivity index (χ2n) is 7.47. The minimum Gasteiger partial charge on any atom is -0.350 e. The molecule has 0 radical (unpaired) electrons. The van der Waals surface area contributed by atoms with Crippen molar-refractivity contribution in [3.05, 3.63) is 0 Å². The van der Waals surface area contributed by atoms with E-state index in [0.29, 0.717) is 17.7 Å². The topological polar surface area (TPSA) is 38.8 Å². The van der Waals surface area contributed by atoms with E-state index in [9.17, 15) is 4.79 Å². The van der Waals surface area contributed by atoms with E-state index >= 15 is 0 Å². The van der Waals surface area contributed by atoms with Crippen LogP contribution in [-0.4, -0.2) is 43.4 Å². The van der Waals surface area contributed by atoms with Gasteiger partial charge in [0.15, 0.2) is 6.29 Å². The Kier molecular flexibility index (Phi) is 3.92. The summed E-state index contributed by atoms with van der Waals surface area (Å²) in [6.45, 7) is 3.25. The minimum absolute atomic E-state index is 0.00665. The van der Waals surface area contributed by atoms with Crippen LogP contribution in [0.25, 0.3) is 0 Å². The smallest absolute Gasteiger partial charge is 0.222 e. The minimum atomic E-state index is -0.00665. The van der Waals surface area contributed by atoms with Gasteiger partial charge in [0.25, 0.3) is 0 Å². The van der Waals surface area contributed by atoms with Crippen molar-refractivity contribution in [2.45, 2.75) is 51.2 Å². The SMILES string of the molecule is O=C(CC1CC2CCC1C2)N1CCC(C2OCCO2)CC1. The van der Waals surface area contributed by atoms with E-state index < -0.39 is 0 Å². The maximum atomic E-state index is 12.5. The predicted octanol–water partition coefficient (Wildman–Crippen LogP) is 2.42. The van der Waals surface area contributed by atoms with Crippen LogP contribution in [0.2, 0.25) is 0 Å². The Hall–Kier alpha value is -0.610. The fraction of sp³-hybridized carbons (Fsp3) is 0.941. The summed E-state index contributed by atoms with van der Waals surface area (Å²) in [5.74, 6) is 3.38. The maximum absolute atomic E-state index is 12.5. The molecule has 4 fully saturated rings. The quantitative estimate of drug-likeness (QED) is 0.802. The van der Waals surface area contributed by atoms with Crippen LogP contribution in [0.1, 0.15) is 44.9 Å². The molecular weight excluding hydrogens is 266 g/mol.